The van der Waals surface area contributed by atoms with E-state index in [1.165, 1.54) is 16.8 Å². The molecule has 1 N–H and O–H groups in total. The first-order valence-corrected chi connectivity index (χ1v) is 12.4. The molecule has 3 fully saturated rings. The van der Waals surface area contributed by atoms with Gasteiger partial charge in [0.1, 0.15) is 11.6 Å². The second-order valence-electron chi connectivity index (χ2n) is 11.1. The average molecular weight is 491 g/mol. The van der Waals surface area contributed by atoms with Crippen LogP contribution in [0.2, 0.25) is 0 Å². The predicted molar refractivity (Wildman–Crippen MR) is 136 cm³/mol. The Bertz CT molecular complexity index is 1430. The molecule has 9 heteroatoms. The number of piperidine rings is 2. The van der Waals surface area contributed by atoms with Gasteiger partial charge in [0.05, 0.1) is 17.3 Å². The summed E-state index contributed by atoms with van der Waals surface area (Å²) in [6, 6.07) is 9.84. The summed E-state index contributed by atoms with van der Waals surface area (Å²) in [4.78, 5) is 20.4. The summed E-state index contributed by atoms with van der Waals surface area (Å²) >= 11 is 0. The minimum Gasteiger partial charge on any atom is -0.507 e. The summed E-state index contributed by atoms with van der Waals surface area (Å²) in [5, 5.41) is 19.5. The number of hydrogen-bond acceptors (Lipinski definition) is 7. The van der Waals surface area contributed by atoms with Gasteiger partial charge in [-0.2, -0.15) is 0 Å². The summed E-state index contributed by atoms with van der Waals surface area (Å²) in [6.45, 7) is 4.32. The van der Waals surface area contributed by atoms with Gasteiger partial charge in [-0.1, -0.05) is 6.07 Å². The van der Waals surface area contributed by atoms with Gasteiger partial charge in [0, 0.05) is 48.9 Å². The Labute approximate surface area is 209 Å². The lowest BCUT2D eigenvalue weighted by atomic mass is 9.78. The van der Waals surface area contributed by atoms with Crippen LogP contribution in [0.3, 0.4) is 0 Å². The van der Waals surface area contributed by atoms with Crippen molar-refractivity contribution in [3.63, 3.8) is 0 Å². The fraction of sp³-hybridized carbons (Fsp3) is 0.481. The molecule has 0 spiro atoms. The topological polar surface area (TPSA) is 87.4 Å². The van der Waals surface area contributed by atoms with Crippen LogP contribution in [0.4, 0.5) is 10.2 Å². The van der Waals surface area contributed by atoms with Crippen LogP contribution >= 0.6 is 0 Å². The highest BCUT2D eigenvalue weighted by atomic mass is 19.1. The lowest BCUT2D eigenvalue weighted by Crippen LogP contribution is -2.64. The van der Waals surface area contributed by atoms with Gasteiger partial charge in [0.15, 0.2) is 11.5 Å². The monoisotopic (exact) mass is 490 g/mol. The number of anilines is 1. The van der Waals surface area contributed by atoms with E-state index in [1.54, 1.807) is 31.3 Å². The number of hydrogen-bond donors (Lipinski definition) is 1. The van der Waals surface area contributed by atoms with E-state index in [2.05, 4.69) is 41.0 Å². The van der Waals surface area contributed by atoms with Crippen LogP contribution in [-0.2, 0) is 7.05 Å². The van der Waals surface area contributed by atoms with E-state index in [9.17, 15) is 9.90 Å². The Kier molecular flexibility index (Phi) is 4.71. The van der Waals surface area contributed by atoms with Gasteiger partial charge in [0.25, 0.3) is 5.56 Å². The van der Waals surface area contributed by atoms with Gasteiger partial charge in [0.2, 0.25) is 0 Å². The smallest absolute Gasteiger partial charge is 0.253 e. The Morgan fingerprint density at radius 3 is 2.61 bits per heavy atom. The molecule has 1 saturated carbocycles. The number of fused-ring (bicyclic) bond motifs is 2. The molecular formula is C27H31FN6O2. The predicted octanol–water partition coefficient (Wildman–Crippen LogP) is 3.40. The third kappa shape index (κ3) is 2.83. The van der Waals surface area contributed by atoms with E-state index in [1.807, 2.05) is 18.0 Å². The molecule has 1 aromatic carbocycles. The summed E-state index contributed by atoms with van der Waals surface area (Å²) in [7, 11) is 5.62. The second kappa shape index (κ2) is 7.35. The second-order valence-corrected chi connectivity index (χ2v) is 11.1. The van der Waals surface area contributed by atoms with Crippen molar-refractivity contribution in [3.05, 3.63) is 52.9 Å². The van der Waals surface area contributed by atoms with Gasteiger partial charge >= 0.3 is 0 Å². The van der Waals surface area contributed by atoms with Crippen molar-refractivity contribution >= 4 is 5.82 Å². The zero-order valence-electron chi connectivity index (χ0n) is 21.2. The van der Waals surface area contributed by atoms with Crippen LogP contribution in [-0.4, -0.2) is 66.6 Å². The highest BCUT2D eigenvalue weighted by molar-refractivity contribution is 5.72. The number of rotatable bonds is 4. The summed E-state index contributed by atoms with van der Waals surface area (Å²) in [5.74, 6) is 1.12. The molecule has 4 heterocycles. The van der Waals surface area contributed by atoms with Crippen molar-refractivity contribution in [2.24, 2.45) is 13.0 Å². The minimum atomic E-state index is -1.27. The van der Waals surface area contributed by atoms with E-state index < -0.39 is 11.2 Å². The third-order valence-corrected chi connectivity index (χ3v) is 9.55. The summed E-state index contributed by atoms with van der Waals surface area (Å²) < 4.78 is 17.9. The highest BCUT2D eigenvalue weighted by Crippen LogP contribution is 2.73. The van der Waals surface area contributed by atoms with E-state index >= 15 is 4.39 Å². The van der Waals surface area contributed by atoms with Gasteiger partial charge in [-0.3, -0.25) is 14.3 Å². The molecule has 8 nitrogen and oxygen atoms in total. The summed E-state index contributed by atoms with van der Waals surface area (Å²) in [5.41, 5.74) is -0.277. The van der Waals surface area contributed by atoms with Crippen molar-refractivity contribution in [2.45, 2.75) is 55.9 Å². The average Bonchev–Trinajstić information content (AvgIpc) is 3.42. The first kappa shape index (κ1) is 23.1. The Morgan fingerprint density at radius 2 is 1.92 bits per heavy atom. The molecule has 188 valence electrons. The maximum Gasteiger partial charge on any atom is 0.253 e. The first-order valence-electron chi connectivity index (χ1n) is 12.4. The molecule has 3 aromatic rings. The zero-order valence-corrected chi connectivity index (χ0v) is 21.2. The molecule has 1 unspecified atom stereocenters. The third-order valence-electron chi connectivity index (χ3n) is 9.55. The Hall–Kier alpha value is -3.33. The van der Waals surface area contributed by atoms with E-state index in [4.69, 9.17) is 0 Å². The number of phenolic OH excluding ortho intramolecular Hbond substituents is 1. The van der Waals surface area contributed by atoms with Crippen LogP contribution in [0, 0.1) is 5.92 Å². The molecule has 2 aromatic heterocycles. The zero-order chi connectivity index (χ0) is 25.6. The van der Waals surface area contributed by atoms with Crippen LogP contribution < -0.4 is 10.5 Å². The normalized spacial score (nSPS) is 32.8. The molecule has 1 aliphatic carbocycles. The molecular weight excluding hydrogens is 459 g/mol. The summed E-state index contributed by atoms with van der Waals surface area (Å²) in [6.07, 6.45) is 4.12. The van der Waals surface area contributed by atoms with Crippen molar-refractivity contribution in [2.75, 3.05) is 19.0 Å². The SMILES string of the molecule is CN(c1ccc(-c2ccc(-c3nccc(=O)n3C)cc2O)nn1)[C@@H]1C[C@@]2(C)CCC3[C@]1(F)[C@@]3(C)N2C. The molecule has 2 saturated heterocycles. The highest BCUT2D eigenvalue weighted by Gasteiger charge is 2.86. The Morgan fingerprint density at radius 1 is 1.14 bits per heavy atom. The molecule has 2 bridgehead atoms. The number of aromatic hydroxyl groups is 1. The standard InChI is InChI=1S/C27H31FN6O2/c1-25-12-10-20-26(2,34(25)5)27(20,28)21(15-25)32(3)22-9-8-18(30-31-22)17-7-6-16(14-19(17)35)24-29-13-11-23(36)33(24)4/h6-9,11,13-14,20-21,35H,10,12,15H2,1-5H3/t20?,21-,25-,26+,27-/m1/s1. The van der Waals surface area contributed by atoms with Crippen LogP contribution in [0.1, 0.15) is 33.1 Å². The number of phenols is 1. The van der Waals surface area contributed by atoms with Gasteiger partial charge < -0.3 is 10.0 Å². The van der Waals surface area contributed by atoms with Crippen LogP contribution in [0.15, 0.2) is 47.4 Å². The number of alkyl halides is 1. The molecule has 3 aliphatic rings. The van der Waals surface area contributed by atoms with E-state index in [0.717, 1.165) is 19.3 Å². The number of halogens is 1. The number of benzene rings is 1. The molecule has 5 atom stereocenters. The molecule has 2 aliphatic heterocycles. The minimum absolute atomic E-state index is 0.0114. The van der Waals surface area contributed by atoms with Crippen LogP contribution in [0.25, 0.3) is 22.6 Å². The van der Waals surface area contributed by atoms with E-state index in [-0.39, 0.29) is 28.8 Å². The number of aromatic nitrogens is 4. The lowest BCUT2D eigenvalue weighted by molar-refractivity contribution is -0.0305. The first-order chi connectivity index (χ1) is 17.0. The number of nitrogens with zero attached hydrogens (tertiary/aromatic N) is 6. The maximum atomic E-state index is 16.5. The molecule has 6 rings (SSSR count). The van der Waals surface area contributed by atoms with Crippen LogP contribution in [0.5, 0.6) is 5.75 Å². The molecule has 0 amide bonds. The van der Waals surface area contributed by atoms with Gasteiger partial charge in [-0.05, 0) is 64.4 Å². The lowest BCUT2D eigenvalue weighted by Gasteiger charge is -2.53. The van der Waals surface area contributed by atoms with Crippen molar-refractivity contribution in [3.8, 4) is 28.4 Å². The largest absolute Gasteiger partial charge is 0.507 e. The van der Waals surface area contributed by atoms with E-state index in [0.29, 0.717) is 28.5 Å². The quantitative estimate of drug-likeness (QED) is 0.600. The van der Waals surface area contributed by atoms with Crippen molar-refractivity contribution in [1.29, 1.82) is 0 Å². The van der Waals surface area contributed by atoms with Crippen molar-refractivity contribution < 1.29 is 9.50 Å². The fourth-order valence-electron chi connectivity index (χ4n) is 7.08. The van der Waals surface area contributed by atoms with Crippen molar-refractivity contribution in [1.82, 2.24) is 24.6 Å². The molecule has 0 radical (unpaired) electrons. The fourth-order valence-corrected chi connectivity index (χ4v) is 7.08. The van der Waals surface area contributed by atoms with Gasteiger partial charge in [-0.15, -0.1) is 10.2 Å². The maximum absolute atomic E-state index is 16.5. The van der Waals surface area contributed by atoms with Gasteiger partial charge in [-0.25, -0.2) is 9.37 Å². The Balaban J connectivity index is 1.27. The molecule has 36 heavy (non-hydrogen) atoms.